The van der Waals surface area contributed by atoms with Gasteiger partial charge in [0.2, 0.25) is 0 Å². The van der Waals surface area contributed by atoms with Crippen LogP contribution in [0.2, 0.25) is 0 Å². The van der Waals surface area contributed by atoms with Crippen LogP contribution in [0.3, 0.4) is 0 Å². The van der Waals surface area contributed by atoms with E-state index in [2.05, 4.69) is 10.4 Å². The average molecular weight is 266 g/mol. The summed E-state index contributed by atoms with van der Waals surface area (Å²) in [5, 5.41) is 28.3. The first-order valence-electron chi connectivity index (χ1n) is 4.84. The molecule has 0 unspecified atom stereocenters. The van der Waals surface area contributed by atoms with Gasteiger partial charge in [0.1, 0.15) is 0 Å². The standard InChI is InChI=1S/C8H6N6O5/c1-11-8(15)12(10-9-11)6-3-2-5(13(16)17)4-7(6)14(18)19/h2-4H,1H3. The molecule has 0 aliphatic carbocycles. The molecule has 11 heteroatoms. The summed E-state index contributed by atoms with van der Waals surface area (Å²) in [7, 11) is 1.32. The minimum Gasteiger partial charge on any atom is -0.258 e. The number of aryl methyl sites for hydroxylation is 1. The van der Waals surface area contributed by atoms with E-state index < -0.39 is 26.9 Å². The van der Waals surface area contributed by atoms with Crippen molar-refractivity contribution in [2.24, 2.45) is 7.05 Å². The van der Waals surface area contributed by atoms with Gasteiger partial charge in [-0.25, -0.2) is 4.79 Å². The second-order valence-electron chi connectivity index (χ2n) is 3.48. The van der Waals surface area contributed by atoms with Crippen molar-refractivity contribution in [3.63, 3.8) is 0 Å². The number of nitrogens with zero attached hydrogens (tertiary/aromatic N) is 6. The molecule has 0 fully saturated rings. The minimum atomic E-state index is -0.830. The Labute approximate surface area is 104 Å². The normalized spacial score (nSPS) is 10.4. The quantitative estimate of drug-likeness (QED) is 0.552. The van der Waals surface area contributed by atoms with Crippen LogP contribution in [0, 0.1) is 20.2 Å². The first-order valence-corrected chi connectivity index (χ1v) is 4.84. The lowest BCUT2D eigenvalue weighted by molar-refractivity contribution is -0.394. The molecular formula is C8H6N6O5. The molecule has 2 rings (SSSR count). The van der Waals surface area contributed by atoms with E-state index in [0.29, 0.717) is 4.68 Å². The average Bonchev–Trinajstić information content (AvgIpc) is 2.69. The first-order chi connectivity index (χ1) is 8.91. The summed E-state index contributed by atoms with van der Waals surface area (Å²) in [5.41, 5.74) is -1.94. The van der Waals surface area contributed by atoms with Crippen LogP contribution in [-0.4, -0.2) is 29.6 Å². The number of tetrazole rings is 1. The van der Waals surface area contributed by atoms with Crippen molar-refractivity contribution in [1.29, 1.82) is 0 Å². The van der Waals surface area contributed by atoms with Crippen molar-refractivity contribution in [3.8, 4) is 5.69 Å². The number of benzene rings is 1. The highest BCUT2D eigenvalue weighted by atomic mass is 16.6. The molecule has 0 amide bonds. The van der Waals surface area contributed by atoms with Crippen LogP contribution in [0.1, 0.15) is 0 Å². The predicted molar refractivity (Wildman–Crippen MR) is 59.9 cm³/mol. The Kier molecular flexibility index (Phi) is 2.79. The molecule has 0 bridgehead atoms. The fraction of sp³-hybridized carbons (Fsp3) is 0.125. The number of aromatic nitrogens is 4. The summed E-state index contributed by atoms with van der Waals surface area (Å²) >= 11 is 0. The zero-order valence-corrected chi connectivity index (χ0v) is 9.46. The summed E-state index contributed by atoms with van der Waals surface area (Å²) in [5.74, 6) is 0. The lowest BCUT2D eigenvalue weighted by Gasteiger charge is -2.00. The lowest BCUT2D eigenvalue weighted by atomic mass is 10.2. The molecule has 1 heterocycles. The molecule has 0 saturated heterocycles. The molecule has 0 N–H and O–H groups in total. The van der Waals surface area contributed by atoms with Gasteiger partial charge in [-0.2, -0.15) is 9.36 Å². The number of nitro benzene ring substituents is 2. The maximum atomic E-state index is 11.6. The molecule has 0 aliphatic heterocycles. The minimum absolute atomic E-state index is 0.186. The second kappa shape index (κ2) is 4.29. The third-order valence-electron chi connectivity index (χ3n) is 2.32. The van der Waals surface area contributed by atoms with Gasteiger partial charge >= 0.3 is 11.4 Å². The van der Waals surface area contributed by atoms with Crippen LogP contribution in [0.25, 0.3) is 5.69 Å². The monoisotopic (exact) mass is 266 g/mol. The highest BCUT2D eigenvalue weighted by Crippen LogP contribution is 2.26. The van der Waals surface area contributed by atoms with Crippen molar-refractivity contribution < 1.29 is 9.85 Å². The SMILES string of the molecule is Cn1nnn(-c2ccc([N+](=O)[O-])cc2[N+](=O)[O-])c1=O. The second-order valence-corrected chi connectivity index (χ2v) is 3.48. The molecule has 19 heavy (non-hydrogen) atoms. The zero-order valence-electron chi connectivity index (χ0n) is 9.46. The summed E-state index contributed by atoms with van der Waals surface area (Å²) < 4.78 is 1.58. The van der Waals surface area contributed by atoms with Crippen LogP contribution in [0.15, 0.2) is 23.0 Å². The Morgan fingerprint density at radius 3 is 2.32 bits per heavy atom. The van der Waals surface area contributed by atoms with Gasteiger partial charge < -0.3 is 0 Å². The molecule has 98 valence electrons. The Morgan fingerprint density at radius 1 is 1.16 bits per heavy atom. The number of non-ortho nitro benzene ring substituents is 1. The van der Waals surface area contributed by atoms with E-state index in [1.807, 2.05) is 0 Å². The summed E-state index contributed by atoms with van der Waals surface area (Å²) in [4.78, 5) is 31.5. The van der Waals surface area contributed by atoms with Gasteiger partial charge in [0.25, 0.3) is 5.69 Å². The van der Waals surface area contributed by atoms with Gasteiger partial charge in [-0.05, 0) is 16.5 Å². The van der Waals surface area contributed by atoms with E-state index >= 15 is 0 Å². The smallest absolute Gasteiger partial charge is 0.258 e. The molecule has 0 saturated carbocycles. The maximum absolute atomic E-state index is 11.6. The number of hydrogen-bond acceptors (Lipinski definition) is 7. The lowest BCUT2D eigenvalue weighted by Crippen LogP contribution is -2.22. The van der Waals surface area contributed by atoms with E-state index in [1.165, 1.54) is 7.05 Å². The van der Waals surface area contributed by atoms with Gasteiger partial charge in [-0.3, -0.25) is 20.2 Å². The van der Waals surface area contributed by atoms with Gasteiger partial charge in [-0.15, -0.1) is 0 Å². The summed E-state index contributed by atoms with van der Waals surface area (Å²) in [6, 6.07) is 2.88. The third-order valence-corrected chi connectivity index (χ3v) is 2.32. The van der Waals surface area contributed by atoms with E-state index in [0.717, 1.165) is 22.9 Å². The molecule has 1 aromatic heterocycles. The molecule has 0 spiro atoms. The zero-order chi connectivity index (χ0) is 14.2. The Morgan fingerprint density at radius 2 is 1.84 bits per heavy atom. The highest BCUT2D eigenvalue weighted by molar-refractivity contribution is 5.57. The number of rotatable bonds is 3. The predicted octanol–water partition coefficient (Wildman–Crippen LogP) is -0.218. The van der Waals surface area contributed by atoms with Crippen molar-refractivity contribution in [2.45, 2.75) is 0 Å². The first kappa shape index (κ1) is 12.3. The van der Waals surface area contributed by atoms with Crippen molar-refractivity contribution in [2.75, 3.05) is 0 Å². The van der Waals surface area contributed by atoms with Gasteiger partial charge in [0, 0.05) is 13.1 Å². The fourth-order valence-corrected chi connectivity index (χ4v) is 1.42. The largest absolute Gasteiger partial charge is 0.368 e. The Bertz CT molecular complexity index is 731. The summed E-state index contributed by atoms with van der Waals surface area (Å²) in [6.45, 7) is 0. The molecule has 0 radical (unpaired) electrons. The third kappa shape index (κ3) is 2.03. The maximum Gasteiger partial charge on any atom is 0.368 e. The van der Waals surface area contributed by atoms with Crippen LogP contribution < -0.4 is 5.69 Å². The summed E-state index contributed by atoms with van der Waals surface area (Å²) in [6.07, 6.45) is 0. The van der Waals surface area contributed by atoms with E-state index in [1.54, 1.807) is 0 Å². The molecular weight excluding hydrogens is 260 g/mol. The molecule has 11 nitrogen and oxygen atoms in total. The van der Waals surface area contributed by atoms with Gasteiger partial charge in [0.15, 0.2) is 5.69 Å². The van der Waals surface area contributed by atoms with Gasteiger partial charge in [-0.1, -0.05) is 0 Å². The van der Waals surface area contributed by atoms with Crippen molar-refractivity contribution >= 4 is 11.4 Å². The van der Waals surface area contributed by atoms with Crippen LogP contribution >= 0.6 is 0 Å². The molecule has 2 aromatic rings. The highest BCUT2D eigenvalue weighted by Gasteiger charge is 2.23. The Hall–Kier alpha value is -3.11. The van der Waals surface area contributed by atoms with E-state index in [4.69, 9.17) is 0 Å². The van der Waals surface area contributed by atoms with Crippen molar-refractivity contribution in [1.82, 2.24) is 19.8 Å². The van der Waals surface area contributed by atoms with Crippen LogP contribution in [0.4, 0.5) is 11.4 Å². The van der Waals surface area contributed by atoms with Gasteiger partial charge in [0.05, 0.1) is 15.9 Å². The van der Waals surface area contributed by atoms with Crippen LogP contribution in [-0.2, 0) is 7.05 Å². The molecule has 1 aromatic carbocycles. The Balaban J connectivity index is 2.70. The molecule has 0 aliphatic rings. The number of nitro groups is 2. The number of hydrogen-bond donors (Lipinski definition) is 0. The van der Waals surface area contributed by atoms with Crippen LogP contribution in [0.5, 0.6) is 0 Å². The molecule has 0 atom stereocenters. The van der Waals surface area contributed by atoms with Crippen molar-refractivity contribution in [3.05, 3.63) is 48.9 Å². The topological polar surface area (TPSA) is 139 Å². The van der Waals surface area contributed by atoms with E-state index in [9.17, 15) is 25.0 Å². The fourth-order valence-electron chi connectivity index (χ4n) is 1.42. The van der Waals surface area contributed by atoms with E-state index in [-0.39, 0.29) is 5.69 Å².